The Bertz CT molecular complexity index is 1190. The molecular weight excluding hydrogens is 468 g/mol. The Morgan fingerprint density at radius 2 is 1.46 bits per heavy atom. The van der Waals surface area contributed by atoms with Gasteiger partial charge in [-0.1, -0.05) is 66.7 Å². The Kier molecular flexibility index (Phi) is 9.06. The van der Waals surface area contributed by atoms with Crippen LogP contribution in [-0.2, 0) is 4.74 Å². The quantitative estimate of drug-likeness (QED) is 0.229. The van der Waals surface area contributed by atoms with Crippen LogP contribution in [0, 0.1) is 10.1 Å². The predicted octanol–water partition coefficient (Wildman–Crippen LogP) is 7.18. The molecule has 0 aliphatic rings. The van der Waals surface area contributed by atoms with E-state index in [1.807, 2.05) is 66.7 Å². The number of rotatable bonds is 9. The average Bonchev–Trinajstić information content (AvgIpc) is 2.88. The van der Waals surface area contributed by atoms with Crippen LogP contribution in [-0.4, -0.2) is 29.8 Å². The second-order valence-corrected chi connectivity index (χ2v) is 9.79. The van der Waals surface area contributed by atoms with E-state index in [-0.39, 0.29) is 4.92 Å². The molecule has 0 aliphatic carbocycles. The molecule has 3 atom stereocenters. The second kappa shape index (κ2) is 12.2. The zero-order valence-corrected chi connectivity index (χ0v) is 21.9. The van der Waals surface area contributed by atoms with E-state index in [1.165, 1.54) is 4.90 Å². The van der Waals surface area contributed by atoms with Crippen molar-refractivity contribution in [2.45, 2.75) is 51.2 Å². The highest BCUT2D eigenvalue weighted by atomic mass is 16.6. The van der Waals surface area contributed by atoms with E-state index in [0.717, 1.165) is 11.1 Å². The van der Waals surface area contributed by atoms with Gasteiger partial charge in [-0.3, -0.25) is 15.0 Å². The van der Waals surface area contributed by atoms with Crippen LogP contribution >= 0.6 is 0 Å². The van der Waals surface area contributed by atoms with E-state index in [0.29, 0.717) is 11.4 Å². The summed E-state index contributed by atoms with van der Waals surface area (Å²) in [5, 5.41) is 12.0. The van der Waals surface area contributed by atoms with Crippen LogP contribution in [0.1, 0.15) is 50.7 Å². The molecule has 3 rings (SSSR count). The average molecular weight is 503 g/mol. The van der Waals surface area contributed by atoms with E-state index in [4.69, 9.17) is 9.47 Å². The fourth-order valence-electron chi connectivity index (χ4n) is 4.19. The monoisotopic (exact) mass is 502 g/mol. The summed E-state index contributed by atoms with van der Waals surface area (Å²) < 4.78 is 10.9. The van der Waals surface area contributed by atoms with Gasteiger partial charge in [-0.25, -0.2) is 4.79 Å². The van der Waals surface area contributed by atoms with E-state index in [2.05, 4.69) is 0 Å². The van der Waals surface area contributed by atoms with Crippen molar-refractivity contribution >= 4 is 11.8 Å². The summed E-state index contributed by atoms with van der Waals surface area (Å²) >= 11 is 0. The molecule has 1 unspecified atom stereocenters. The molecule has 0 aliphatic heterocycles. The summed E-state index contributed by atoms with van der Waals surface area (Å²) in [4.78, 5) is 26.4. The molecule has 0 heterocycles. The maximum absolute atomic E-state index is 13.3. The van der Waals surface area contributed by atoms with Crippen molar-refractivity contribution in [3.63, 3.8) is 0 Å². The Morgan fingerprint density at radius 1 is 0.919 bits per heavy atom. The number of carbonyl (C=O) groups is 1. The molecule has 0 radical (unpaired) electrons. The summed E-state index contributed by atoms with van der Waals surface area (Å²) in [6.45, 7) is 7.03. The van der Waals surface area contributed by atoms with E-state index in [9.17, 15) is 14.9 Å². The van der Waals surface area contributed by atoms with Gasteiger partial charge in [0, 0.05) is 24.0 Å². The standard InChI is InChI=1S/C30H34N2O5/c1-22(32(34)35)28(24-14-10-7-11-15-24)27(23-12-8-6-9-13-23)20-21-31(29(33)37-30(2,3)4)25-16-18-26(36-5)19-17-25/h6-22,27-28H,1-5H3/b21-20+/t22?,27-,28-/m0/s1. The van der Waals surface area contributed by atoms with Gasteiger partial charge in [0.25, 0.3) is 0 Å². The summed E-state index contributed by atoms with van der Waals surface area (Å²) in [6, 6.07) is 25.2. The topological polar surface area (TPSA) is 81.9 Å². The Morgan fingerprint density at radius 3 is 1.95 bits per heavy atom. The molecular formula is C30H34N2O5. The van der Waals surface area contributed by atoms with Crippen molar-refractivity contribution in [2.24, 2.45) is 0 Å². The number of hydrogen-bond acceptors (Lipinski definition) is 5. The van der Waals surface area contributed by atoms with Crippen molar-refractivity contribution in [3.8, 4) is 5.75 Å². The molecule has 0 N–H and O–H groups in total. The number of methoxy groups -OCH3 is 1. The number of ether oxygens (including phenoxy) is 2. The molecule has 0 saturated carbocycles. The van der Waals surface area contributed by atoms with Crippen molar-refractivity contribution in [2.75, 3.05) is 12.0 Å². The van der Waals surface area contributed by atoms with Gasteiger partial charge in [-0.15, -0.1) is 0 Å². The predicted molar refractivity (Wildman–Crippen MR) is 146 cm³/mol. The number of hydrogen-bond donors (Lipinski definition) is 0. The first-order chi connectivity index (χ1) is 17.6. The Labute approximate surface area is 218 Å². The van der Waals surface area contributed by atoms with Crippen LogP contribution in [0.25, 0.3) is 0 Å². The molecule has 0 fully saturated rings. The van der Waals surface area contributed by atoms with Crippen molar-refractivity contribution < 1.29 is 19.2 Å². The van der Waals surface area contributed by atoms with Gasteiger partial charge in [-0.2, -0.15) is 0 Å². The lowest BCUT2D eigenvalue weighted by Gasteiger charge is -2.28. The summed E-state index contributed by atoms with van der Waals surface area (Å²) in [5.41, 5.74) is 1.62. The number of allylic oxidation sites excluding steroid dienone is 1. The molecule has 7 heteroatoms. The van der Waals surface area contributed by atoms with E-state index < -0.39 is 29.6 Å². The summed E-state index contributed by atoms with van der Waals surface area (Å²) in [5.74, 6) is -0.221. The third kappa shape index (κ3) is 7.43. The van der Waals surface area contributed by atoms with Crippen LogP contribution in [0.4, 0.5) is 10.5 Å². The fourth-order valence-corrected chi connectivity index (χ4v) is 4.19. The molecule has 0 spiro atoms. The first-order valence-electron chi connectivity index (χ1n) is 12.2. The molecule has 194 valence electrons. The molecule has 3 aromatic carbocycles. The highest BCUT2D eigenvalue weighted by Gasteiger charge is 2.35. The van der Waals surface area contributed by atoms with Crippen molar-refractivity contribution in [1.82, 2.24) is 0 Å². The molecule has 3 aromatic rings. The highest BCUT2D eigenvalue weighted by Crippen LogP contribution is 2.38. The second-order valence-electron chi connectivity index (χ2n) is 9.79. The van der Waals surface area contributed by atoms with Crippen LogP contribution < -0.4 is 9.64 Å². The summed E-state index contributed by atoms with van der Waals surface area (Å²) in [6.07, 6.45) is 2.94. The van der Waals surface area contributed by atoms with Crippen molar-refractivity contribution in [1.29, 1.82) is 0 Å². The van der Waals surface area contributed by atoms with E-state index in [1.54, 1.807) is 65.3 Å². The number of amides is 1. The van der Waals surface area contributed by atoms with Crippen LogP contribution in [0.5, 0.6) is 5.75 Å². The SMILES string of the molecule is COc1ccc(N(/C=C/[C@@H](c2ccccc2)[C@H](c2ccccc2)C(C)[N+](=O)[O-])C(=O)OC(C)(C)C)cc1. The first-order valence-corrected chi connectivity index (χ1v) is 12.2. The zero-order chi connectivity index (χ0) is 27.0. The largest absolute Gasteiger partial charge is 0.497 e. The molecule has 7 nitrogen and oxygen atoms in total. The summed E-state index contributed by atoms with van der Waals surface area (Å²) in [7, 11) is 1.57. The minimum Gasteiger partial charge on any atom is -0.497 e. The Balaban J connectivity index is 2.12. The number of carbonyl (C=O) groups excluding carboxylic acids is 1. The number of anilines is 1. The number of nitro groups is 1. The molecule has 37 heavy (non-hydrogen) atoms. The molecule has 0 saturated heterocycles. The lowest BCUT2D eigenvalue weighted by atomic mass is 9.77. The number of nitrogens with zero attached hydrogens (tertiary/aromatic N) is 2. The molecule has 0 aromatic heterocycles. The van der Waals surface area contributed by atoms with Gasteiger partial charge in [0.2, 0.25) is 6.04 Å². The lowest BCUT2D eigenvalue weighted by molar-refractivity contribution is -0.522. The van der Waals surface area contributed by atoms with Gasteiger partial charge in [0.1, 0.15) is 11.4 Å². The van der Waals surface area contributed by atoms with Crippen LogP contribution in [0.2, 0.25) is 0 Å². The third-order valence-electron chi connectivity index (χ3n) is 5.99. The van der Waals surface area contributed by atoms with Gasteiger partial charge >= 0.3 is 6.09 Å². The van der Waals surface area contributed by atoms with Gasteiger partial charge in [0.05, 0.1) is 18.7 Å². The number of benzene rings is 3. The van der Waals surface area contributed by atoms with Gasteiger partial charge < -0.3 is 9.47 Å². The Hall–Kier alpha value is -4.13. The first kappa shape index (κ1) is 27.5. The molecule has 1 amide bonds. The van der Waals surface area contributed by atoms with Gasteiger partial charge in [-0.05, 0) is 56.2 Å². The molecule has 0 bridgehead atoms. The lowest BCUT2D eigenvalue weighted by Crippen LogP contribution is -2.34. The maximum atomic E-state index is 13.3. The normalized spacial score (nSPS) is 14.0. The van der Waals surface area contributed by atoms with E-state index >= 15 is 0 Å². The maximum Gasteiger partial charge on any atom is 0.418 e. The van der Waals surface area contributed by atoms with Gasteiger partial charge in [0.15, 0.2) is 0 Å². The van der Waals surface area contributed by atoms with Crippen molar-refractivity contribution in [3.05, 3.63) is 118 Å². The smallest absolute Gasteiger partial charge is 0.418 e. The zero-order valence-electron chi connectivity index (χ0n) is 21.9. The third-order valence-corrected chi connectivity index (χ3v) is 5.99. The minimum atomic E-state index is -0.881. The fraction of sp³-hybridized carbons (Fsp3) is 0.300. The highest BCUT2D eigenvalue weighted by molar-refractivity contribution is 5.90. The minimum absolute atomic E-state index is 0.253. The van der Waals surface area contributed by atoms with Crippen LogP contribution in [0.15, 0.2) is 97.2 Å². The van der Waals surface area contributed by atoms with Crippen LogP contribution in [0.3, 0.4) is 0 Å².